The Kier molecular flexibility index (Phi) is 5.89. The number of benzene rings is 2. The minimum absolute atomic E-state index is 0.0227. The molecule has 0 atom stereocenters. The first-order valence-electron chi connectivity index (χ1n) is 12.1. The molecule has 3 heterocycles. The second-order valence-corrected chi connectivity index (χ2v) is 9.16. The highest BCUT2D eigenvalue weighted by Gasteiger charge is 2.23. The number of nitrogens with zero attached hydrogens (tertiary/aromatic N) is 4. The van der Waals surface area contributed by atoms with Crippen molar-refractivity contribution in [3.63, 3.8) is 0 Å². The van der Waals surface area contributed by atoms with Gasteiger partial charge in [-0.05, 0) is 60.4 Å². The topological polar surface area (TPSA) is 83.8 Å². The number of hydrogen-bond donors (Lipinski definition) is 2. The van der Waals surface area contributed by atoms with Gasteiger partial charge in [-0.15, -0.1) is 5.10 Å². The van der Waals surface area contributed by atoms with Crippen LogP contribution in [0.5, 0.6) is 0 Å². The molecule has 8 nitrogen and oxygen atoms in total. The van der Waals surface area contributed by atoms with Gasteiger partial charge in [0.05, 0.1) is 13.2 Å². The summed E-state index contributed by atoms with van der Waals surface area (Å²) in [5, 5.41) is 10.9. The molecule has 178 valence electrons. The van der Waals surface area contributed by atoms with E-state index in [1.165, 1.54) is 5.56 Å². The Morgan fingerprint density at radius 2 is 1.77 bits per heavy atom. The molecule has 2 aliphatic rings. The van der Waals surface area contributed by atoms with Crippen LogP contribution in [0.25, 0.3) is 16.8 Å². The van der Waals surface area contributed by atoms with Gasteiger partial charge in [0.2, 0.25) is 5.95 Å². The summed E-state index contributed by atoms with van der Waals surface area (Å²) in [5.41, 5.74) is 5.70. The third kappa shape index (κ3) is 5.03. The molecule has 0 bridgehead atoms. The number of hydrogen-bond acceptors (Lipinski definition) is 6. The van der Waals surface area contributed by atoms with Crippen LogP contribution in [0, 0.1) is 0 Å². The molecule has 0 unspecified atom stereocenters. The van der Waals surface area contributed by atoms with Gasteiger partial charge >= 0.3 is 0 Å². The molecule has 1 aliphatic carbocycles. The Morgan fingerprint density at radius 3 is 2.51 bits per heavy atom. The van der Waals surface area contributed by atoms with Crippen LogP contribution in [0.1, 0.15) is 28.8 Å². The Bertz CT molecular complexity index is 1320. The fourth-order valence-electron chi connectivity index (χ4n) is 4.32. The summed E-state index contributed by atoms with van der Waals surface area (Å²) in [4.78, 5) is 19.4. The summed E-state index contributed by atoms with van der Waals surface area (Å²) >= 11 is 0. The number of pyridine rings is 1. The fourth-order valence-corrected chi connectivity index (χ4v) is 4.32. The zero-order valence-electron chi connectivity index (χ0n) is 19.5. The summed E-state index contributed by atoms with van der Waals surface area (Å²) in [6.45, 7) is 4.51. The van der Waals surface area contributed by atoms with Crippen molar-refractivity contribution in [1.82, 2.24) is 24.8 Å². The standard InChI is InChI=1S/C27H28N6O2/c34-26(28-22-11-12-22)21-7-9-23(10-8-21)29-27-30-25-24(2-1-13-33(25)31-27)20-5-3-19(4-6-20)18-32-14-16-35-17-15-32/h1-10,13,22H,11-12,14-18H2,(H,28,34)(H,29,31). The summed E-state index contributed by atoms with van der Waals surface area (Å²) < 4.78 is 7.23. The Morgan fingerprint density at radius 1 is 1.00 bits per heavy atom. The van der Waals surface area contributed by atoms with Crippen molar-refractivity contribution in [1.29, 1.82) is 0 Å². The van der Waals surface area contributed by atoms with Gasteiger partial charge in [-0.2, -0.15) is 4.98 Å². The molecular weight excluding hydrogens is 440 g/mol. The lowest BCUT2D eigenvalue weighted by Gasteiger charge is -2.26. The van der Waals surface area contributed by atoms with E-state index < -0.39 is 0 Å². The summed E-state index contributed by atoms with van der Waals surface area (Å²) in [5.74, 6) is 0.488. The van der Waals surface area contributed by atoms with Crippen molar-refractivity contribution in [2.24, 2.45) is 0 Å². The van der Waals surface area contributed by atoms with Gasteiger partial charge in [-0.1, -0.05) is 24.3 Å². The van der Waals surface area contributed by atoms with Crippen molar-refractivity contribution in [2.45, 2.75) is 25.4 Å². The highest BCUT2D eigenvalue weighted by Crippen LogP contribution is 2.26. The van der Waals surface area contributed by atoms with Crippen molar-refractivity contribution in [3.8, 4) is 11.1 Å². The molecule has 2 aromatic carbocycles. The van der Waals surface area contributed by atoms with Gasteiger partial charge in [0.1, 0.15) is 0 Å². The molecule has 0 spiro atoms. The molecule has 4 aromatic rings. The predicted octanol–water partition coefficient (Wildman–Crippen LogP) is 3.86. The molecule has 2 N–H and O–H groups in total. The smallest absolute Gasteiger partial charge is 0.251 e. The molecule has 1 amide bonds. The second-order valence-electron chi connectivity index (χ2n) is 9.16. The van der Waals surface area contributed by atoms with Gasteiger partial charge in [-0.3, -0.25) is 9.69 Å². The molecule has 8 heteroatoms. The van der Waals surface area contributed by atoms with Crippen molar-refractivity contribution < 1.29 is 9.53 Å². The van der Waals surface area contributed by atoms with Crippen LogP contribution in [0.15, 0.2) is 66.9 Å². The number of morpholine rings is 1. The van der Waals surface area contributed by atoms with E-state index in [9.17, 15) is 4.79 Å². The summed E-state index contributed by atoms with van der Waals surface area (Å²) in [7, 11) is 0. The van der Waals surface area contributed by atoms with Crippen LogP contribution in [-0.2, 0) is 11.3 Å². The Labute approximate surface area is 203 Å². The second kappa shape index (κ2) is 9.48. The molecule has 0 radical (unpaired) electrons. The Hall–Kier alpha value is -3.75. The normalized spacial score (nSPS) is 16.3. The highest BCUT2D eigenvalue weighted by atomic mass is 16.5. The monoisotopic (exact) mass is 468 g/mol. The third-order valence-corrected chi connectivity index (χ3v) is 6.45. The van der Waals surface area contributed by atoms with Gasteiger partial charge in [0.25, 0.3) is 5.91 Å². The van der Waals surface area contributed by atoms with E-state index in [4.69, 9.17) is 9.72 Å². The zero-order valence-corrected chi connectivity index (χ0v) is 19.5. The summed E-state index contributed by atoms with van der Waals surface area (Å²) in [6.07, 6.45) is 4.05. The lowest BCUT2D eigenvalue weighted by Crippen LogP contribution is -2.35. The predicted molar refractivity (Wildman–Crippen MR) is 135 cm³/mol. The number of aromatic nitrogens is 3. The molecule has 1 aliphatic heterocycles. The van der Waals surface area contributed by atoms with Gasteiger partial charge < -0.3 is 15.4 Å². The van der Waals surface area contributed by atoms with Crippen LogP contribution in [0.3, 0.4) is 0 Å². The van der Waals surface area contributed by atoms with Crippen molar-refractivity contribution >= 4 is 23.2 Å². The minimum Gasteiger partial charge on any atom is -0.379 e. The Balaban J connectivity index is 1.17. The van der Waals surface area contributed by atoms with Crippen LogP contribution in [0.2, 0.25) is 0 Å². The lowest BCUT2D eigenvalue weighted by molar-refractivity contribution is 0.0342. The number of ether oxygens (including phenoxy) is 1. The lowest BCUT2D eigenvalue weighted by atomic mass is 10.0. The van der Waals surface area contributed by atoms with Crippen LogP contribution in [0.4, 0.5) is 11.6 Å². The fraction of sp³-hybridized carbons (Fsp3) is 0.296. The maximum atomic E-state index is 12.2. The van der Waals surface area contributed by atoms with E-state index in [2.05, 4.69) is 51.0 Å². The minimum atomic E-state index is -0.0227. The summed E-state index contributed by atoms with van der Waals surface area (Å²) in [6, 6.07) is 20.5. The number of amides is 1. The SMILES string of the molecule is O=C(NC1CC1)c1ccc(Nc2nc3c(-c4ccc(CN5CCOCC5)cc4)cccn3n2)cc1. The number of anilines is 2. The molecule has 2 aromatic heterocycles. The molecular formula is C27H28N6O2. The first-order valence-corrected chi connectivity index (χ1v) is 12.1. The molecule has 1 saturated carbocycles. The van der Waals surface area contributed by atoms with Crippen molar-refractivity contribution in [3.05, 3.63) is 78.0 Å². The van der Waals surface area contributed by atoms with Crippen LogP contribution < -0.4 is 10.6 Å². The van der Waals surface area contributed by atoms with Crippen LogP contribution >= 0.6 is 0 Å². The number of fused-ring (bicyclic) bond motifs is 1. The van der Waals surface area contributed by atoms with E-state index in [0.717, 1.165) is 68.2 Å². The van der Waals surface area contributed by atoms with Crippen molar-refractivity contribution in [2.75, 3.05) is 31.6 Å². The molecule has 6 rings (SSSR count). The van der Waals surface area contributed by atoms with E-state index in [-0.39, 0.29) is 5.91 Å². The van der Waals surface area contributed by atoms with Gasteiger partial charge in [0.15, 0.2) is 5.65 Å². The number of nitrogens with one attached hydrogen (secondary N) is 2. The van der Waals surface area contributed by atoms with E-state index >= 15 is 0 Å². The molecule has 35 heavy (non-hydrogen) atoms. The maximum absolute atomic E-state index is 12.2. The van der Waals surface area contributed by atoms with Crippen LogP contribution in [-0.4, -0.2) is 57.8 Å². The molecule has 2 fully saturated rings. The first kappa shape index (κ1) is 21.8. The number of carbonyl (C=O) groups is 1. The van der Waals surface area contributed by atoms with E-state index in [0.29, 0.717) is 17.6 Å². The average molecular weight is 469 g/mol. The maximum Gasteiger partial charge on any atom is 0.251 e. The quantitative estimate of drug-likeness (QED) is 0.429. The average Bonchev–Trinajstić information content (AvgIpc) is 3.61. The third-order valence-electron chi connectivity index (χ3n) is 6.45. The largest absolute Gasteiger partial charge is 0.379 e. The van der Waals surface area contributed by atoms with E-state index in [1.807, 2.05) is 36.5 Å². The number of carbonyl (C=O) groups excluding carboxylic acids is 1. The highest BCUT2D eigenvalue weighted by molar-refractivity contribution is 5.95. The first-order chi connectivity index (χ1) is 17.2. The van der Waals surface area contributed by atoms with E-state index in [1.54, 1.807) is 4.52 Å². The van der Waals surface area contributed by atoms with Gasteiger partial charge in [-0.25, -0.2) is 4.52 Å². The zero-order chi connectivity index (χ0) is 23.6. The van der Waals surface area contributed by atoms with Gasteiger partial charge in [0, 0.05) is 48.7 Å². The molecule has 1 saturated heterocycles. The number of rotatable bonds is 7.